The molecule has 2 aromatic rings. The van der Waals surface area contributed by atoms with Gasteiger partial charge in [-0.05, 0) is 43.0 Å². The van der Waals surface area contributed by atoms with Crippen LogP contribution in [0, 0.1) is 6.92 Å². The van der Waals surface area contributed by atoms with Crippen LogP contribution in [-0.4, -0.2) is 32.1 Å². The van der Waals surface area contributed by atoms with Crippen molar-refractivity contribution in [2.24, 2.45) is 10.7 Å². The van der Waals surface area contributed by atoms with Crippen LogP contribution in [0.15, 0.2) is 53.5 Å². The lowest BCUT2D eigenvalue weighted by molar-refractivity contribution is -0.274. The number of guanidine groups is 1. The van der Waals surface area contributed by atoms with Gasteiger partial charge in [-0.2, -0.15) is 0 Å². The number of nitrogens with zero attached hydrogens (tertiary/aromatic N) is 1. The van der Waals surface area contributed by atoms with E-state index in [-0.39, 0.29) is 46.8 Å². The molecule has 0 unspecified atom stereocenters. The molecular formula is C21H25F3IN3O2. The highest BCUT2D eigenvalue weighted by Gasteiger charge is 2.35. The number of aliphatic imine (C=N–C) groups is 1. The van der Waals surface area contributed by atoms with Crippen molar-refractivity contribution >= 4 is 35.6 Å². The highest BCUT2D eigenvalue weighted by Crippen LogP contribution is 2.37. The molecule has 0 saturated carbocycles. The van der Waals surface area contributed by atoms with Gasteiger partial charge in [-0.25, -0.2) is 0 Å². The van der Waals surface area contributed by atoms with Crippen molar-refractivity contribution in [1.29, 1.82) is 0 Å². The van der Waals surface area contributed by atoms with Gasteiger partial charge in [0.15, 0.2) is 11.7 Å². The molecule has 0 aliphatic carbocycles. The fourth-order valence-corrected chi connectivity index (χ4v) is 3.64. The first kappa shape index (κ1) is 24.3. The van der Waals surface area contributed by atoms with Gasteiger partial charge in [0.25, 0.3) is 0 Å². The number of halogens is 4. The fraction of sp³-hybridized carbons (Fsp3) is 0.381. The lowest BCUT2D eigenvalue weighted by Gasteiger charge is -2.37. The van der Waals surface area contributed by atoms with E-state index in [4.69, 9.17) is 10.5 Å². The molecule has 3 rings (SSSR count). The molecule has 0 radical (unpaired) electrons. The highest BCUT2D eigenvalue weighted by atomic mass is 127. The van der Waals surface area contributed by atoms with Gasteiger partial charge < -0.3 is 20.5 Å². The first-order valence-electron chi connectivity index (χ1n) is 9.35. The van der Waals surface area contributed by atoms with Crippen molar-refractivity contribution in [2.45, 2.75) is 31.5 Å². The minimum atomic E-state index is -4.79. The molecule has 1 aliphatic rings. The van der Waals surface area contributed by atoms with E-state index in [0.717, 1.165) is 12.8 Å². The Labute approximate surface area is 190 Å². The zero-order valence-corrected chi connectivity index (χ0v) is 18.9. The smallest absolute Gasteiger partial charge is 0.404 e. The Morgan fingerprint density at radius 1 is 1.13 bits per heavy atom. The van der Waals surface area contributed by atoms with Gasteiger partial charge >= 0.3 is 6.36 Å². The molecule has 3 N–H and O–H groups in total. The number of para-hydroxylation sites is 2. The van der Waals surface area contributed by atoms with Crippen molar-refractivity contribution in [3.8, 4) is 5.75 Å². The van der Waals surface area contributed by atoms with Crippen molar-refractivity contribution in [1.82, 2.24) is 0 Å². The second-order valence-corrected chi connectivity index (χ2v) is 7.08. The number of rotatable bonds is 5. The molecule has 1 saturated heterocycles. The van der Waals surface area contributed by atoms with E-state index in [1.54, 1.807) is 6.07 Å². The Balaban J connectivity index is 0.00000320. The normalized spacial score (nSPS) is 16.5. The van der Waals surface area contributed by atoms with Crippen molar-refractivity contribution in [3.63, 3.8) is 0 Å². The molecule has 0 atom stereocenters. The topological polar surface area (TPSA) is 68.9 Å². The Hall–Kier alpha value is -2.01. The van der Waals surface area contributed by atoms with Crippen LogP contribution in [-0.2, 0) is 10.2 Å². The maximum atomic E-state index is 12.6. The molecule has 2 aromatic carbocycles. The first-order valence-corrected chi connectivity index (χ1v) is 9.35. The summed E-state index contributed by atoms with van der Waals surface area (Å²) in [6.45, 7) is 3.71. The fourth-order valence-electron chi connectivity index (χ4n) is 3.64. The van der Waals surface area contributed by atoms with Crippen molar-refractivity contribution in [3.05, 3.63) is 59.7 Å². The number of nitrogens with one attached hydrogen (secondary N) is 1. The number of anilines is 1. The number of benzene rings is 2. The summed E-state index contributed by atoms with van der Waals surface area (Å²) in [5, 5.41) is 2.73. The zero-order valence-electron chi connectivity index (χ0n) is 16.5. The van der Waals surface area contributed by atoms with E-state index in [2.05, 4.69) is 34.1 Å². The van der Waals surface area contributed by atoms with Crippen LogP contribution in [0.2, 0.25) is 0 Å². The lowest BCUT2D eigenvalue weighted by atomic mass is 9.72. The molecule has 0 spiro atoms. The number of ether oxygens (including phenoxy) is 2. The molecule has 1 fully saturated rings. The quantitative estimate of drug-likeness (QED) is 0.322. The Morgan fingerprint density at radius 3 is 2.43 bits per heavy atom. The minimum absolute atomic E-state index is 0. The molecular weight excluding hydrogens is 510 g/mol. The third kappa shape index (κ3) is 6.24. The van der Waals surface area contributed by atoms with Crippen LogP contribution in [0.5, 0.6) is 5.75 Å². The van der Waals surface area contributed by atoms with Crippen LogP contribution >= 0.6 is 24.0 Å². The third-order valence-electron chi connectivity index (χ3n) is 5.09. The summed E-state index contributed by atoms with van der Waals surface area (Å²) in [5.41, 5.74) is 8.24. The van der Waals surface area contributed by atoms with E-state index < -0.39 is 6.36 Å². The molecule has 0 amide bonds. The number of hydrogen-bond acceptors (Lipinski definition) is 3. The number of hydrogen-bond donors (Lipinski definition) is 2. The molecule has 164 valence electrons. The second-order valence-electron chi connectivity index (χ2n) is 7.08. The Morgan fingerprint density at radius 2 is 1.77 bits per heavy atom. The molecule has 0 aromatic heterocycles. The monoisotopic (exact) mass is 535 g/mol. The second kappa shape index (κ2) is 10.3. The van der Waals surface area contributed by atoms with E-state index >= 15 is 0 Å². The molecule has 0 bridgehead atoms. The highest BCUT2D eigenvalue weighted by molar-refractivity contribution is 14.0. The third-order valence-corrected chi connectivity index (χ3v) is 5.09. The zero-order chi connectivity index (χ0) is 20.9. The maximum Gasteiger partial charge on any atom is 0.573 e. The maximum absolute atomic E-state index is 12.6. The van der Waals surface area contributed by atoms with Crippen LogP contribution in [0.1, 0.15) is 24.0 Å². The van der Waals surface area contributed by atoms with Crippen LogP contribution < -0.4 is 15.8 Å². The summed E-state index contributed by atoms with van der Waals surface area (Å²) in [7, 11) is 0. The van der Waals surface area contributed by atoms with Gasteiger partial charge in [-0.3, -0.25) is 4.99 Å². The van der Waals surface area contributed by atoms with E-state index in [1.807, 2.05) is 12.1 Å². The Kier molecular flexibility index (Phi) is 8.36. The first-order chi connectivity index (χ1) is 13.8. The molecule has 9 heteroatoms. The van der Waals surface area contributed by atoms with Crippen molar-refractivity contribution in [2.75, 3.05) is 25.1 Å². The standard InChI is InChI=1S/C21H24F3N3O2.HI/c1-15-6-2-3-7-16(15)20(10-12-28-13-11-20)14-26-19(25)27-17-8-4-5-9-18(17)29-21(22,23)24;/h2-9H,10-14H2,1H3,(H3,25,26,27);1H. The van der Waals surface area contributed by atoms with E-state index in [1.165, 1.54) is 29.3 Å². The van der Waals surface area contributed by atoms with Gasteiger partial charge in [-0.1, -0.05) is 36.4 Å². The van der Waals surface area contributed by atoms with Gasteiger partial charge in [0.1, 0.15) is 0 Å². The Bertz CT molecular complexity index is 869. The van der Waals surface area contributed by atoms with Gasteiger partial charge in [0.2, 0.25) is 0 Å². The predicted molar refractivity (Wildman–Crippen MR) is 122 cm³/mol. The SMILES string of the molecule is Cc1ccccc1C1(CN=C(N)Nc2ccccc2OC(F)(F)F)CCOCC1.I. The van der Waals surface area contributed by atoms with Crippen LogP contribution in [0.25, 0.3) is 0 Å². The summed E-state index contributed by atoms with van der Waals surface area (Å²) in [6.07, 6.45) is -3.20. The summed E-state index contributed by atoms with van der Waals surface area (Å²) in [4.78, 5) is 4.46. The van der Waals surface area contributed by atoms with Gasteiger partial charge in [0.05, 0.1) is 12.2 Å². The van der Waals surface area contributed by atoms with Crippen LogP contribution in [0.4, 0.5) is 18.9 Å². The molecule has 1 aliphatic heterocycles. The van der Waals surface area contributed by atoms with Gasteiger partial charge in [0, 0.05) is 18.6 Å². The predicted octanol–water partition coefficient (Wildman–Crippen LogP) is 4.99. The minimum Gasteiger partial charge on any atom is -0.404 e. The number of nitrogens with two attached hydrogens (primary N) is 1. The molecule has 1 heterocycles. The van der Waals surface area contributed by atoms with E-state index in [9.17, 15) is 13.2 Å². The number of alkyl halides is 3. The summed E-state index contributed by atoms with van der Waals surface area (Å²) in [6, 6.07) is 13.8. The van der Waals surface area contributed by atoms with Gasteiger partial charge in [-0.15, -0.1) is 37.1 Å². The molecule has 30 heavy (non-hydrogen) atoms. The van der Waals surface area contributed by atoms with E-state index in [0.29, 0.717) is 19.8 Å². The lowest BCUT2D eigenvalue weighted by Crippen LogP contribution is -2.38. The largest absolute Gasteiger partial charge is 0.573 e. The summed E-state index contributed by atoms with van der Waals surface area (Å²) >= 11 is 0. The van der Waals surface area contributed by atoms with Crippen LogP contribution in [0.3, 0.4) is 0 Å². The average Bonchev–Trinajstić information content (AvgIpc) is 2.68. The number of aryl methyl sites for hydroxylation is 1. The summed E-state index contributed by atoms with van der Waals surface area (Å²) in [5.74, 6) is -0.333. The molecule has 5 nitrogen and oxygen atoms in total. The average molecular weight is 535 g/mol. The summed E-state index contributed by atoms with van der Waals surface area (Å²) < 4.78 is 47.4. The van der Waals surface area contributed by atoms with Crippen molar-refractivity contribution < 1.29 is 22.6 Å².